The van der Waals surface area contributed by atoms with Gasteiger partial charge >= 0.3 is 0 Å². The molecule has 2 fully saturated rings. The van der Waals surface area contributed by atoms with Gasteiger partial charge in [-0.15, -0.1) is 0 Å². The molecular formula is C25H32Br2OS2. The van der Waals surface area contributed by atoms with E-state index in [9.17, 15) is 0 Å². The first-order chi connectivity index (χ1) is 14.5. The Balaban J connectivity index is 1.70. The Morgan fingerprint density at radius 3 is 1.93 bits per heavy atom. The molecule has 164 valence electrons. The molecule has 2 saturated heterocycles. The molecule has 2 aliphatic rings. The van der Waals surface area contributed by atoms with Crippen molar-refractivity contribution in [3.63, 3.8) is 0 Å². The van der Waals surface area contributed by atoms with Crippen molar-refractivity contribution in [2.45, 2.75) is 37.2 Å². The van der Waals surface area contributed by atoms with Gasteiger partial charge in [-0.2, -0.15) is 16.9 Å². The molecule has 0 spiro atoms. The summed E-state index contributed by atoms with van der Waals surface area (Å²) in [6, 6.07) is 15.4. The van der Waals surface area contributed by atoms with Gasteiger partial charge in [0.1, 0.15) is 5.75 Å². The number of hydrogen-bond acceptors (Lipinski definition) is 1. The lowest BCUT2D eigenvalue weighted by Crippen LogP contribution is -2.04. The van der Waals surface area contributed by atoms with Crippen molar-refractivity contribution in [1.82, 2.24) is 0 Å². The average Bonchev–Trinajstić information content (AvgIpc) is 3.37. The molecule has 2 aromatic rings. The fourth-order valence-electron chi connectivity index (χ4n) is 4.51. The summed E-state index contributed by atoms with van der Waals surface area (Å²) < 4.78 is 5.92. The van der Waals surface area contributed by atoms with Gasteiger partial charge in [-0.25, -0.2) is 0 Å². The quantitative estimate of drug-likeness (QED) is 0.302. The zero-order chi connectivity index (χ0) is 21.0. The molecule has 1 nitrogen and oxygen atoms in total. The Morgan fingerprint density at radius 1 is 0.800 bits per heavy atom. The molecule has 4 rings (SSSR count). The maximum Gasteiger partial charge on any atom is 0.123 e. The zero-order valence-electron chi connectivity index (χ0n) is 17.7. The van der Waals surface area contributed by atoms with Crippen LogP contribution in [0.2, 0.25) is 0 Å². The van der Waals surface area contributed by atoms with Gasteiger partial charge in [0, 0.05) is 17.1 Å². The third kappa shape index (κ3) is 5.70. The molecule has 0 N–H and O–H groups in total. The van der Waals surface area contributed by atoms with Crippen molar-refractivity contribution in [3.05, 3.63) is 64.7 Å². The summed E-state index contributed by atoms with van der Waals surface area (Å²) >= 11 is 8.32. The number of benzene rings is 2. The van der Waals surface area contributed by atoms with E-state index in [1.54, 1.807) is 0 Å². The first kappa shape index (κ1) is 22.8. The lowest BCUT2D eigenvalue weighted by atomic mass is 10.0. The molecule has 0 aliphatic carbocycles. The molecule has 0 unspecified atom stereocenters. The minimum Gasteiger partial charge on any atom is -0.496 e. The molecular weight excluding hydrogens is 540 g/mol. The van der Waals surface area contributed by atoms with Crippen LogP contribution in [0.15, 0.2) is 42.5 Å². The number of ether oxygens (including phenoxy) is 1. The van der Waals surface area contributed by atoms with E-state index in [-0.39, 0.29) is 0 Å². The largest absolute Gasteiger partial charge is 0.496 e. The highest BCUT2D eigenvalue weighted by Gasteiger charge is 2.29. The molecule has 0 amide bonds. The summed E-state index contributed by atoms with van der Waals surface area (Å²) in [7, 11) is 0.401. The molecule has 5 heteroatoms. The smallest absolute Gasteiger partial charge is 0.123 e. The van der Waals surface area contributed by atoms with Crippen molar-refractivity contribution in [3.8, 4) is 5.75 Å². The Kier molecular flexibility index (Phi) is 7.65. The molecule has 0 aromatic heterocycles. The van der Waals surface area contributed by atoms with Crippen LogP contribution in [-0.4, -0.2) is 30.1 Å². The molecule has 2 aliphatic heterocycles. The van der Waals surface area contributed by atoms with Gasteiger partial charge < -0.3 is 4.74 Å². The van der Waals surface area contributed by atoms with Gasteiger partial charge in [-0.3, -0.25) is 0 Å². The summed E-state index contributed by atoms with van der Waals surface area (Å²) in [6.07, 6.45) is 10.0. The summed E-state index contributed by atoms with van der Waals surface area (Å²) in [5.74, 6) is 8.69. The highest BCUT2D eigenvalue weighted by Crippen LogP contribution is 2.65. The fraction of sp³-hybridized carbons (Fsp3) is 0.440. The molecule has 2 heterocycles. The minimum absolute atomic E-state index is 0.716. The van der Waals surface area contributed by atoms with Crippen molar-refractivity contribution < 1.29 is 4.74 Å². The van der Waals surface area contributed by atoms with E-state index in [1.165, 1.54) is 70.9 Å². The van der Waals surface area contributed by atoms with Crippen LogP contribution in [0.25, 0.3) is 12.2 Å². The number of methoxy groups -OCH3 is 1. The van der Waals surface area contributed by atoms with E-state index in [0.29, 0.717) is 0 Å². The van der Waals surface area contributed by atoms with Gasteiger partial charge in [0.2, 0.25) is 0 Å². The highest BCUT2D eigenvalue weighted by atomic mass is 79.9. The van der Waals surface area contributed by atoms with Crippen molar-refractivity contribution in [1.29, 1.82) is 0 Å². The Hall–Kier alpha value is -0.360. The van der Waals surface area contributed by atoms with Gasteiger partial charge in [0.15, 0.2) is 0 Å². The summed E-state index contributed by atoms with van der Waals surface area (Å²) in [5.41, 5.74) is 5.41. The van der Waals surface area contributed by atoms with Gasteiger partial charge in [0.05, 0.1) is 7.11 Å². The predicted octanol–water partition coefficient (Wildman–Crippen LogP) is 8.68. The van der Waals surface area contributed by atoms with Crippen LogP contribution in [0.4, 0.5) is 0 Å². The zero-order valence-corrected chi connectivity index (χ0v) is 22.6. The van der Waals surface area contributed by atoms with Crippen LogP contribution < -0.4 is 4.74 Å². The van der Waals surface area contributed by atoms with Crippen molar-refractivity contribution in [2.75, 3.05) is 30.1 Å². The van der Waals surface area contributed by atoms with Crippen LogP contribution in [0, 0.1) is 0 Å². The second-order valence-corrected chi connectivity index (χ2v) is 22.7. The van der Waals surface area contributed by atoms with Crippen LogP contribution in [0.3, 0.4) is 0 Å². The summed E-state index contributed by atoms with van der Waals surface area (Å²) in [5, 5.41) is 0. The van der Waals surface area contributed by atoms with Crippen molar-refractivity contribution in [2.24, 2.45) is 0 Å². The maximum absolute atomic E-state index is 5.92. The summed E-state index contributed by atoms with van der Waals surface area (Å²) in [6.45, 7) is 0. The Bertz CT molecular complexity index is 886. The normalized spacial score (nSPS) is 22.2. The molecule has 0 saturated carbocycles. The molecule has 30 heavy (non-hydrogen) atoms. The summed E-state index contributed by atoms with van der Waals surface area (Å²) in [4.78, 5) is 0. The van der Waals surface area contributed by atoms with E-state index >= 15 is 0 Å². The van der Waals surface area contributed by atoms with E-state index in [2.05, 4.69) is 84.2 Å². The monoisotopic (exact) mass is 570 g/mol. The SMILES string of the molecule is COc1cc(CS2(Br)CCCC2)c(/C=C/c2ccccc2)cc1CS1(Br)CCCC1. The standard InChI is InChI=1S/C25H32Br2OS2/c1-28-25-18-23(19-29(26)13-5-6-14-29)22(12-11-21-9-3-2-4-10-21)17-24(25)20-30(27)15-7-8-16-30/h2-4,9-12,17-18H,5-8,13-16,19-20H2,1H3/b12-11+. The predicted molar refractivity (Wildman–Crippen MR) is 147 cm³/mol. The highest BCUT2D eigenvalue weighted by molar-refractivity contribution is 9.58. The molecule has 0 bridgehead atoms. The maximum atomic E-state index is 5.92. The number of hydrogen-bond donors (Lipinski definition) is 0. The second-order valence-electron chi connectivity index (χ2n) is 8.51. The van der Waals surface area contributed by atoms with Crippen molar-refractivity contribution >= 4 is 58.7 Å². The Labute approximate surface area is 200 Å². The van der Waals surface area contributed by atoms with E-state index in [0.717, 1.165) is 17.3 Å². The number of halogens is 2. The minimum atomic E-state index is -0.716. The van der Waals surface area contributed by atoms with Crippen LogP contribution >= 0.6 is 46.5 Å². The third-order valence-corrected chi connectivity index (χ3v) is 17.2. The van der Waals surface area contributed by atoms with Crippen LogP contribution in [0.1, 0.15) is 47.9 Å². The third-order valence-electron chi connectivity index (χ3n) is 6.17. The second kappa shape index (κ2) is 10.1. The Morgan fingerprint density at radius 2 is 1.37 bits per heavy atom. The van der Waals surface area contributed by atoms with E-state index < -0.39 is 16.9 Å². The molecule has 0 atom stereocenters. The molecule has 0 radical (unpaired) electrons. The average molecular weight is 572 g/mol. The lowest BCUT2D eigenvalue weighted by Gasteiger charge is -2.31. The van der Waals surface area contributed by atoms with Gasteiger partial charge in [-0.05, 0) is 107 Å². The van der Waals surface area contributed by atoms with Crippen LogP contribution in [-0.2, 0) is 11.5 Å². The molecule has 2 aromatic carbocycles. The van der Waals surface area contributed by atoms with Gasteiger partial charge in [0.25, 0.3) is 0 Å². The van der Waals surface area contributed by atoms with Gasteiger partial charge in [-0.1, -0.05) is 42.5 Å². The first-order valence-electron chi connectivity index (χ1n) is 10.8. The van der Waals surface area contributed by atoms with E-state index in [1.807, 2.05) is 7.11 Å². The fourth-order valence-corrected chi connectivity index (χ4v) is 14.2. The first-order valence-corrected chi connectivity index (χ1v) is 18.8. The lowest BCUT2D eigenvalue weighted by molar-refractivity contribution is 0.411. The van der Waals surface area contributed by atoms with E-state index in [4.69, 9.17) is 4.74 Å². The number of rotatable bonds is 7. The topological polar surface area (TPSA) is 9.23 Å². The van der Waals surface area contributed by atoms with Crippen LogP contribution in [0.5, 0.6) is 5.75 Å².